The van der Waals surface area contributed by atoms with Gasteiger partial charge in [0.15, 0.2) is 0 Å². The maximum absolute atomic E-state index is 12.9. The predicted molar refractivity (Wildman–Crippen MR) is 52.7 cm³/mol. The van der Waals surface area contributed by atoms with Crippen LogP contribution >= 0.6 is 0 Å². The molecule has 102 valence electrons. The van der Waals surface area contributed by atoms with Gasteiger partial charge in [0.2, 0.25) is 0 Å². The number of rotatable bonds is 4. The lowest BCUT2D eigenvalue weighted by Gasteiger charge is -2.32. The zero-order chi connectivity index (χ0) is 14.0. The Bertz CT molecular complexity index is 272. The Balaban J connectivity index is 5.09. The van der Waals surface area contributed by atoms with Crippen molar-refractivity contribution in [3.63, 3.8) is 0 Å². The lowest BCUT2D eigenvalue weighted by atomic mass is 10.1. The van der Waals surface area contributed by atoms with Gasteiger partial charge in [-0.05, 0) is 19.8 Å². The van der Waals surface area contributed by atoms with Crippen molar-refractivity contribution in [2.45, 2.75) is 45.8 Å². The second-order valence-electron chi connectivity index (χ2n) is 4.52. The molecule has 0 aromatic heterocycles. The van der Waals surface area contributed by atoms with Crippen molar-refractivity contribution < 1.29 is 26.7 Å². The fourth-order valence-corrected chi connectivity index (χ4v) is 1.22. The fourth-order valence-electron chi connectivity index (χ4n) is 1.22. The third-order valence-electron chi connectivity index (χ3n) is 2.07. The molecule has 0 aliphatic carbocycles. The molecule has 0 aliphatic rings. The van der Waals surface area contributed by atoms with E-state index in [0.717, 1.165) is 0 Å². The maximum atomic E-state index is 12.9. The van der Waals surface area contributed by atoms with E-state index in [0.29, 0.717) is 4.90 Å². The van der Waals surface area contributed by atoms with Gasteiger partial charge in [-0.15, -0.1) is 0 Å². The molecule has 0 N–H and O–H groups in total. The Morgan fingerprint density at radius 1 is 1.06 bits per heavy atom. The van der Waals surface area contributed by atoms with Gasteiger partial charge in [-0.1, -0.05) is 13.8 Å². The first kappa shape index (κ1) is 16.1. The summed E-state index contributed by atoms with van der Waals surface area (Å²) < 4.78 is 61.9. The topological polar surface area (TPSA) is 20.3 Å². The molecule has 0 rings (SSSR count). The van der Waals surface area contributed by atoms with Crippen LogP contribution in [0.4, 0.5) is 22.0 Å². The van der Waals surface area contributed by atoms with E-state index < -0.39 is 24.0 Å². The van der Waals surface area contributed by atoms with Crippen molar-refractivity contribution in [2.75, 3.05) is 6.54 Å². The van der Waals surface area contributed by atoms with Crippen molar-refractivity contribution in [1.29, 1.82) is 0 Å². The summed E-state index contributed by atoms with van der Waals surface area (Å²) in [6, 6.07) is -0.710. The Morgan fingerprint density at radius 2 is 1.47 bits per heavy atom. The van der Waals surface area contributed by atoms with Gasteiger partial charge >= 0.3 is 18.0 Å². The SMILES string of the molecule is CC(C)CN(C(=O)C(F)(F)C(F)(F)F)C(C)C. The van der Waals surface area contributed by atoms with Gasteiger partial charge in [0.05, 0.1) is 0 Å². The Kier molecular flexibility index (Phi) is 4.91. The number of halogens is 5. The molecular weight excluding hydrogens is 245 g/mol. The normalized spacial score (nSPS) is 13.4. The van der Waals surface area contributed by atoms with Crippen LogP contribution in [0.1, 0.15) is 27.7 Å². The number of nitrogens with zero attached hydrogens (tertiary/aromatic N) is 1. The summed E-state index contributed by atoms with van der Waals surface area (Å²) in [5, 5.41) is 0. The Labute approximate surface area is 96.8 Å². The number of hydrogen-bond acceptors (Lipinski definition) is 1. The quantitative estimate of drug-likeness (QED) is 0.712. The summed E-state index contributed by atoms with van der Waals surface area (Å²) in [6.07, 6.45) is -5.85. The van der Waals surface area contributed by atoms with Crippen molar-refractivity contribution >= 4 is 5.91 Å². The molecule has 0 fully saturated rings. The minimum absolute atomic E-state index is 0.137. The highest BCUT2D eigenvalue weighted by molar-refractivity contribution is 5.84. The number of alkyl halides is 5. The molecule has 0 radical (unpaired) electrons. The van der Waals surface area contributed by atoms with Crippen LogP contribution in [0.15, 0.2) is 0 Å². The maximum Gasteiger partial charge on any atom is 0.463 e. The van der Waals surface area contributed by atoms with E-state index >= 15 is 0 Å². The average Bonchev–Trinajstić information content (AvgIpc) is 2.10. The largest absolute Gasteiger partial charge is 0.463 e. The Morgan fingerprint density at radius 3 is 1.71 bits per heavy atom. The van der Waals surface area contributed by atoms with Gasteiger partial charge in [0.25, 0.3) is 0 Å². The van der Waals surface area contributed by atoms with Gasteiger partial charge in [0.1, 0.15) is 0 Å². The molecule has 0 spiro atoms. The highest BCUT2D eigenvalue weighted by Crippen LogP contribution is 2.37. The third-order valence-corrected chi connectivity index (χ3v) is 2.07. The van der Waals surface area contributed by atoms with E-state index in [-0.39, 0.29) is 12.5 Å². The molecule has 17 heavy (non-hydrogen) atoms. The molecule has 7 heteroatoms. The molecule has 0 unspecified atom stereocenters. The van der Waals surface area contributed by atoms with Crippen LogP contribution in [0.3, 0.4) is 0 Å². The summed E-state index contributed by atoms with van der Waals surface area (Å²) in [4.78, 5) is 11.8. The summed E-state index contributed by atoms with van der Waals surface area (Å²) in [5.41, 5.74) is 0. The van der Waals surface area contributed by atoms with Crippen molar-refractivity contribution in [3.8, 4) is 0 Å². The first-order chi connectivity index (χ1) is 7.41. The van der Waals surface area contributed by atoms with Crippen LogP contribution in [0.2, 0.25) is 0 Å². The van der Waals surface area contributed by atoms with Crippen LogP contribution in [-0.4, -0.2) is 35.5 Å². The molecule has 0 aromatic rings. The van der Waals surface area contributed by atoms with Gasteiger partial charge in [-0.25, -0.2) is 0 Å². The predicted octanol–water partition coefficient (Wildman–Crippen LogP) is 3.08. The second kappa shape index (κ2) is 5.18. The second-order valence-corrected chi connectivity index (χ2v) is 4.52. The molecule has 0 aromatic carbocycles. The smallest absolute Gasteiger partial charge is 0.334 e. The third kappa shape index (κ3) is 3.81. The highest BCUT2D eigenvalue weighted by Gasteiger charge is 2.64. The van der Waals surface area contributed by atoms with Gasteiger partial charge < -0.3 is 4.90 Å². The summed E-state index contributed by atoms with van der Waals surface area (Å²) in [6.45, 7) is 5.92. The summed E-state index contributed by atoms with van der Waals surface area (Å²) in [7, 11) is 0. The summed E-state index contributed by atoms with van der Waals surface area (Å²) in [5.74, 6) is -7.70. The number of carbonyl (C=O) groups excluding carboxylic acids is 1. The molecule has 0 atom stereocenters. The van der Waals surface area contributed by atoms with Crippen molar-refractivity contribution in [2.24, 2.45) is 5.92 Å². The number of hydrogen-bond donors (Lipinski definition) is 0. The minimum atomic E-state index is -5.85. The molecular formula is C10H16F5NO. The number of amides is 1. The molecule has 0 bridgehead atoms. The lowest BCUT2D eigenvalue weighted by molar-refractivity contribution is -0.275. The van der Waals surface area contributed by atoms with Crippen molar-refractivity contribution in [3.05, 3.63) is 0 Å². The number of carbonyl (C=O) groups is 1. The molecule has 2 nitrogen and oxygen atoms in total. The first-order valence-electron chi connectivity index (χ1n) is 5.16. The average molecular weight is 261 g/mol. The van der Waals surface area contributed by atoms with Crippen LogP contribution in [0.25, 0.3) is 0 Å². The fraction of sp³-hybridized carbons (Fsp3) is 0.900. The zero-order valence-electron chi connectivity index (χ0n) is 10.1. The van der Waals surface area contributed by atoms with Gasteiger partial charge in [0, 0.05) is 12.6 Å². The zero-order valence-corrected chi connectivity index (χ0v) is 10.1. The molecule has 0 aliphatic heterocycles. The van der Waals surface area contributed by atoms with Gasteiger partial charge in [-0.3, -0.25) is 4.79 Å². The van der Waals surface area contributed by atoms with E-state index in [9.17, 15) is 26.7 Å². The first-order valence-corrected chi connectivity index (χ1v) is 5.16. The van der Waals surface area contributed by atoms with Crippen LogP contribution in [-0.2, 0) is 4.79 Å². The van der Waals surface area contributed by atoms with Crippen molar-refractivity contribution in [1.82, 2.24) is 4.90 Å². The van der Waals surface area contributed by atoms with Crippen LogP contribution < -0.4 is 0 Å². The Hall–Kier alpha value is -0.880. The van der Waals surface area contributed by atoms with E-state index in [1.165, 1.54) is 13.8 Å². The summed E-state index contributed by atoms with van der Waals surface area (Å²) >= 11 is 0. The highest BCUT2D eigenvalue weighted by atomic mass is 19.4. The monoisotopic (exact) mass is 261 g/mol. The van der Waals surface area contributed by atoms with Crippen LogP contribution in [0.5, 0.6) is 0 Å². The molecule has 0 heterocycles. The van der Waals surface area contributed by atoms with Crippen LogP contribution in [0, 0.1) is 5.92 Å². The van der Waals surface area contributed by atoms with E-state index in [4.69, 9.17) is 0 Å². The molecule has 0 saturated heterocycles. The van der Waals surface area contributed by atoms with E-state index in [1.54, 1.807) is 13.8 Å². The lowest BCUT2D eigenvalue weighted by Crippen LogP contribution is -2.54. The van der Waals surface area contributed by atoms with E-state index in [2.05, 4.69) is 0 Å². The molecule has 1 amide bonds. The van der Waals surface area contributed by atoms with Gasteiger partial charge in [-0.2, -0.15) is 22.0 Å². The minimum Gasteiger partial charge on any atom is -0.334 e. The van der Waals surface area contributed by atoms with E-state index in [1.807, 2.05) is 0 Å². The molecule has 0 saturated carbocycles. The standard InChI is InChI=1S/C10H16F5NO/c1-6(2)5-16(7(3)4)8(17)9(11,12)10(13,14)15/h6-7H,5H2,1-4H3.